The van der Waals surface area contributed by atoms with E-state index in [1.54, 1.807) is 18.3 Å². The Bertz CT molecular complexity index is 1070. The number of aromatic hydroxyl groups is 1. The summed E-state index contributed by atoms with van der Waals surface area (Å²) in [5, 5.41) is 12.1. The van der Waals surface area contributed by atoms with Crippen LogP contribution in [-0.4, -0.2) is 46.7 Å². The van der Waals surface area contributed by atoms with Crippen molar-refractivity contribution in [1.82, 2.24) is 9.55 Å². The largest absolute Gasteiger partial charge is 0.504 e. The van der Waals surface area contributed by atoms with Crippen LogP contribution < -0.4 is 4.74 Å². The lowest BCUT2D eigenvalue weighted by Gasteiger charge is -2.22. The maximum absolute atomic E-state index is 13.1. The van der Waals surface area contributed by atoms with Crippen LogP contribution in [0.3, 0.4) is 0 Å². The minimum atomic E-state index is -0.648. The molecule has 1 N–H and O–H groups in total. The van der Waals surface area contributed by atoms with Crippen molar-refractivity contribution in [2.24, 2.45) is 0 Å². The predicted molar refractivity (Wildman–Crippen MR) is 110 cm³/mol. The first-order valence-electron chi connectivity index (χ1n) is 9.81. The van der Waals surface area contributed by atoms with E-state index in [-0.39, 0.29) is 11.7 Å². The summed E-state index contributed by atoms with van der Waals surface area (Å²) in [5.41, 5.74) is 1.56. The Morgan fingerprint density at radius 1 is 1.24 bits per heavy atom. The highest BCUT2D eigenvalue weighted by atomic mass is 16.6. The molecule has 0 bridgehead atoms. The van der Waals surface area contributed by atoms with Gasteiger partial charge in [-0.25, -0.2) is 9.36 Å². The highest BCUT2D eigenvalue weighted by Gasteiger charge is 2.27. The van der Waals surface area contributed by atoms with Crippen molar-refractivity contribution in [2.45, 2.75) is 45.1 Å². The molecule has 154 valence electrons. The van der Waals surface area contributed by atoms with Crippen LogP contribution in [0, 0.1) is 0 Å². The zero-order valence-electron chi connectivity index (χ0n) is 17.2. The number of phenolic OH excluding ortho intramolecular Hbond substituents is 1. The van der Waals surface area contributed by atoms with E-state index in [4.69, 9.17) is 14.2 Å². The maximum atomic E-state index is 13.1. The molecule has 29 heavy (non-hydrogen) atoms. The van der Waals surface area contributed by atoms with Gasteiger partial charge in [0.05, 0.1) is 23.8 Å². The van der Waals surface area contributed by atoms with E-state index in [0.29, 0.717) is 30.0 Å². The smallest absolute Gasteiger partial charge is 0.419 e. The van der Waals surface area contributed by atoms with Gasteiger partial charge in [-0.15, -0.1) is 0 Å². The molecule has 0 unspecified atom stereocenters. The van der Waals surface area contributed by atoms with Crippen LogP contribution in [0.4, 0.5) is 4.79 Å². The molecular formula is C22H26N2O5. The summed E-state index contributed by atoms with van der Waals surface area (Å²) >= 11 is 0. The number of methoxy groups -OCH3 is 1. The summed E-state index contributed by atoms with van der Waals surface area (Å²) in [7, 11) is 1.51. The van der Waals surface area contributed by atoms with E-state index < -0.39 is 11.7 Å². The molecule has 4 rings (SSSR count). The van der Waals surface area contributed by atoms with E-state index >= 15 is 0 Å². The van der Waals surface area contributed by atoms with Gasteiger partial charge in [-0.2, -0.15) is 0 Å². The lowest BCUT2D eigenvalue weighted by Crippen LogP contribution is -2.27. The molecule has 0 atom stereocenters. The van der Waals surface area contributed by atoms with Crippen LogP contribution in [0.2, 0.25) is 0 Å². The molecule has 7 nitrogen and oxygen atoms in total. The van der Waals surface area contributed by atoms with Crippen LogP contribution in [0.5, 0.6) is 11.5 Å². The molecule has 1 fully saturated rings. The quantitative estimate of drug-likeness (QED) is 0.680. The van der Waals surface area contributed by atoms with Gasteiger partial charge in [0.15, 0.2) is 11.5 Å². The lowest BCUT2D eigenvalue weighted by atomic mass is 9.93. The number of ether oxygens (including phenoxy) is 3. The number of fused-ring (bicyclic) bond motifs is 3. The summed E-state index contributed by atoms with van der Waals surface area (Å²) in [6.07, 6.45) is 2.98. The summed E-state index contributed by atoms with van der Waals surface area (Å²) in [5.74, 6) is 0.556. The number of hydrogen-bond donors (Lipinski definition) is 1. The Balaban J connectivity index is 2.03. The van der Waals surface area contributed by atoms with Crippen LogP contribution in [0.25, 0.3) is 21.8 Å². The highest BCUT2D eigenvalue weighted by molar-refractivity contribution is 6.14. The molecule has 0 radical (unpaired) electrons. The zero-order valence-corrected chi connectivity index (χ0v) is 17.2. The number of carbonyl (C=O) groups excluding carboxylic acids is 1. The van der Waals surface area contributed by atoms with E-state index in [2.05, 4.69) is 4.98 Å². The molecular weight excluding hydrogens is 372 g/mol. The highest BCUT2D eigenvalue weighted by Crippen LogP contribution is 2.41. The molecule has 0 aliphatic carbocycles. The van der Waals surface area contributed by atoms with Gasteiger partial charge in [0.1, 0.15) is 5.60 Å². The average Bonchev–Trinajstić information content (AvgIpc) is 2.99. The van der Waals surface area contributed by atoms with Gasteiger partial charge >= 0.3 is 6.09 Å². The fourth-order valence-electron chi connectivity index (χ4n) is 3.95. The number of aromatic nitrogens is 2. The van der Waals surface area contributed by atoms with Gasteiger partial charge in [0, 0.05) is 42.2 Å². The number of carbonyl (C=O) groups is 1. The number of rotatable bonds is 2. The maximum Gasteiger partial charge on any atom is 0.419 e. The van der Waals surface area contributed by atoms with Gasteiger partial charge in [0.25, 0.3) is 0 Å². The Hall–Kier alpha value is -2.80. The molecule has 1 aliphatic heterocycles. The monoisotopic (exact) mass is 398 g/mol. The Morgan fingerprint density at radius 3 is 2.62 bits per heavy atom. The van der Waals surface area contributed by atoms with Crippen molar-refractivity contribution in [3.05, 3.63) is 30.1 Å². The molecule has 0 spiro atoms. The molecule has 3 heterocycles. The third kappa shape index (κ3) is 3.51. The number of nitrogens with zero attached hydrogens (tertiary/aromatic N) is 2. The Kier molecular flexibility index (Phi) is 4.86. The number of pyridine rings is 1. The first-order chi connectivity index (χ1) is 13.8. The van der Waals surface area contributed by atoms with E-state index in [1.165, 1.54) is 11.7 Å². The predicted octanol–water partition coefficient (Wildman–Crippen LogP) is 4.58. The SMILES string of the molecule is COc1cc2c3c(C4CCOCC4)nccc3n(C(=O)OC(C)(C)C)c2cc1O. The van der Waals surface area contributed by atoms with E-state index in [1.807, 2.05) is 26.8 Å². The molecule has 3 aromatic rings. The van der Waals surface area contributed by atoms with E-state index in [0.717, 1.165) is 29.3 Å². The molecule has 1 saturated heterocycles. The lowest BCUT2D eigenvalue weighted by molar-refractivity contribution is 0.0551. The van der Waals surface area contributed by atoms with Crippen molar-refractivity contribution in [3.8, 4) is 11.5 Å². The van der Waals surface area contributed by atoms with Gasteiger partial charge in [-0.3, -0.25) is 4.98 Å². The fraction of sp³-hybridized carbons (Fsp3) is 0.455. The fourth-order valence-corrected chi connectivity index (χ4v) is 3.95. The first-order valence-corrected chi connectivity index (χ1v) is 9.81. The van der Waals surface area contributed by atoms with Crippen molar-refractivity contribution >= 4 is 27.9 Å². The minimum Gasteiger partial charge on any atom is -0.504 e. The van der Waals surface area contributed by atoms with Gasteiger partial charge in [-0.05, 0) is 45.7 Å². The van der Waals surface area contributed by atoms with Crippen LogP contribution >= 0.6 is 0 Å². The van der Waals surface area contributed by atoms with Crippen LogP contribution in [0.15, 0.2) is 24.4 Å². The standard InChI is InChI=1S/C22H26N2O5/c1-22(2,3)29-21(26)24-15-5-8-23-20(13-6-9-28-10-7-13)19(15)14-11-18(27-4)17(25)12-16(14)24/h5,8,11-13,25H,6-7,9-10H2,1-4H3. The summed E-state index contributed by atoms with van der Waals surface area (Å²) in [6.45, 7) is 6.87. The third-order valence-corrected chi connectivity index (χ3v) is 5.19. The van der Waals surface area contributed by atoms with Gasteiger partial charge in [-0.1, -0.05) is 0 Å². The topological polar surface area (TPSA) is 82.8 Å². The van der Waals surface area contributed by atoms with Crippen molar-refractivity contribution in [3.63, 3.8) is 0 Å². The third-order valence-electron chi connectivity index (χ3n) is 5.19. The summed E-state index contributed by atoms with van der Waals surface area (Å²) in [4.78, 5) is 17.8. The van der Waals surface area contributed by atoms with Crippen molar-refractivity contribution < 1.29 is 24.1 Å². The Morgan fingerprint density at radius 2 is 1.97 bits per heavy atom. The molecule has 1 aliphatic rings. The number of hydrogen-bond acceptors (Lipinski definition) is 6. The minimum absolute atomic E-state index is 0.0341. The Labute approximate surface area is 169 Å². The second kappa shape index (κ2) is 7.22. The molecule has 2 aromatic heterocycles. The number of benzene rings is 1. The average molecular weight is 398 g/mol. The van der Waals surface area contributed by atoms with Gasteiger partial charge in [0.2, 0.25) is 0 Å². The van der Waals surface area contributed by atoms with Crippen molar-refractivity contribution in [1.29, 1.82) is 0 Å². The normalized spacial score (nSPS) is 15.7. The van der Waals surface area contributed by atoms with Crippen LogP contribution in [-0.2, 0) is 9.47 Å². The van der Waals surface area contributed by atoms with E-state index in [9.17, 15) is 9.90 Å². The zero-order chi connectivity index (χ0) is 20.8. The van der Waals surface area contributed by atoms with Crippen LogP contribution in [0.1, 0.15) is 45.2 Å². The van der Waals surface area contributed by atoms with Gasteiger partial charge < -0.3 is 19.3 Å². The second-order valence-electron chi connectivity index (χ2n) is 8.33. The summed E-state index contributed by atoms with van der Waals surface area (Å²) in [6, 6.07) is 5.12. The second-order valence-corrected chi connectivity index (χ2v) is 8.33. The molecule has 0 amide bonds. The van der Waals surface area contributed by atoms with Crippen molar-refractivity contribution in [2.75, 3.05) is 20.3 Å². The summed E-state index contributed by atoms with van der Waals surface area (Å²) < 4.78 is 18.0. The number of phenols is 1. The molecule has 7 heteroatoms. The first kappa shape index (κ1) is 19.5. The molecule has 0 saturated carbocycles. The molecule has 1 aromatic carbocycles.